The van der Waals surface area contributed by atoms with Gasteiger partial charge in [-0.15, -0.1) is 0 Å². The van der Waals surface area contributed by atoms with Crippen molar-refractivity contribution < 1.29 is 24.4 Å². The predicted octanol–water partition coefficient (Wildman–Crippen LogP) is 2.68. The molecule has 3 aliphatic heterocycles. The number of phenolic OH excluding ortho intramolecular Hbond substituents is 1. The summed E-state index contributed by atoms with van der Waals surface area (Å²) in [5.41, 5.74) is 1.23. The van der Waals surface area contributed by atoms with Gasteiger partial charge >= 0.3 is 0 Å². The second-order valence-corrected chi connectivity index (χ2v) is 11.9. The molecule has 2 spiro atoms. The molecule has 2 saturated carbocycles. The normalized spacial score (nSPS) is 43.2. The molecule has 28 heavy (non-hydrogen) atoms. The smallest absolute Gasteiger partial charge is 0.207 e. The van der Waals surface area contributed by atoms with E-state index in [-0.39, 0.29) is 25.1 Å². The van der Waals surface area contributed by atoms with Gasteiger partial charge < -0.3 is 24.4 Å². The number of hydrogen-bond acceptors (Lipinski definition) is 5. The molecule has 7 rings (SSSR count). The summed E-state index contributed by atoms with van der Waals surface area (Å²) in [6.07, 6.45) is 6.50. The fraction of sp³-hybridized carbons (Fsp3) is 0.682. The lowest BCUT2D eigenvalue weighted by Crippen LogP contribution is -2.75. The van der Waals surface area contributed by atoms with E-state index in [1.165, 1.54) is 18.4 Å². The van der Waals surface area contributed by atoms with Crippen LogP contribution in [0, 0.1) is 5.92 Å². The average Bonchev–Trinajstić information content (AvgIpc) is 3.23. The Morgan fingerprint density at radius 3 is 2.71 bits per heavy atom. The molecule has 1 unspecified atom stereocenters. The highest BCUT2D eigenvalue weighted by Gasteiger charge is 2.79. The molecule has 0 amide bonds. The molecule has 0 radical (unpaired) electrons. The average molecular weight is 401 g/mol. The van der Waals surface area contributed by atoms with Crippen LogP contribution in [0.25, 0.3) is 0 Å². The highest BCUT2D eigenvalue weighted by atomic mass is 31.1. The van der Waals surface area contributed by atoms with Crippen LogP contribution in [0.15, 0.2) is 12.1 Å². The maximum atomic E-state index is 12.4. The van der Waals surface area contributed by atoms with Gasteiger partial charge in [-0.25, -0.2) is 0 Å². The van der Waals surface area contributed by atoms with E-state index >= 15 is 0 Å². The molecular weight excluding hydrogens is 375 g/mol. The van der Waals surface area contributed by atoms with Crippen molar-refractivity contribution >= 4 is 13.3 Å². The van der Waals surface area contributed by atoms with E-state index in [2.05, 4.69) is 11.9 Å². The maximum Gasteiger partial charge on any atom is 0.207 e. The molecule has 2 bridgehead atoms. The van der Waals surface area contributed by atoms with Gasteiger partial charge in [0, 0.05) is 30.7 Å². The molecule has 2 N–H and O–H groups in total. The summed E-state index contributed by atoms with van der Waals surface area (Å²) in [7, 11) is -0.311. The SMILES string of the molecule is Oc1ccc2c3c1O[C@H]1C4(CC[C@@]5(O)[C@@H](C2)[P+](=CC2CC2)CC[C@]315)OCCO4. The van der Waals surface area contributed by atoms with E-state index in [4.69, 9.17) is 14.2 Å². The zero-order chi connectivity index (χ0) is 18.7. The number of rotatable bonds is 1. The summed E-state index contributed by atoms with van der Waals surface area (Å²) < 4.78 is 18.8. The molecule has 4 fully saturated rings. The van der Waals surface area contributed by atoms with Gasteiger partial charge in [0.25, 0.3) is 0 Å². The molecule has 3 aliphatic carbocycles. The van der Waals surface area contributed by atoms with Gasteiger partial charge in [0.05, 0.1) is 32.0 Å². The first-order valence-corrected chi connectivity index (χ1v) is 12.4. The number of ether oxygens (including phenoxy) is 3. The molecule has 5 nitrogen and oxygen atoms in total. The Morgan fingerprint density at radius 2 is 1.93 bits per heavy atom. The highest BCUT2D eigenvalue weighted by molar-refractivity contribution is 7.58. The minimum absolute atomic E-state index is 0.175. The van der Waals surface area contributed by atoms with Crippen LogP contribution >= 0.6 is 7.55 Å². The van der Waals surface area contributed by atoms with Gasteiger partial charge in [0.2, 0.25) is 5.79 Å². The zero-order valence-corrected chi connectivity index (χ0v) is 16.8. The van der Waals surface area contributed by atoms with E-state index in [1.54, 1.807) is 6.07 Å². The quantitative estimate of drug-likeness (QED) is 0.709. The lowest BCUT2D eigenvalue weighted by Gasteiger charge is -2.60. The molecular formula is C22H26O5P+. The van der Waals surface area contributed by atoms with Crippen LogP contribution in [-0.4, -0.2) is 58.5 Å². The third-order valence-electron chi connectivity index (χ3n) is 8.31. The Morgan fingerprint density at radius 1 is 1.11 bits per heavy atom. The first-order chi connectivity index (χ1) is 13.6. The van der Waals surface area contributed by atoms with Crippen LogP contribution in [0.2, 0.25) is 0 Å². The summed E-state index contributed by atoms with van der Waals surface area (Å²) in [6, 6.07) is 3.82. The second kappa shape index (κ2) is 5.13. The van der Waals surface area contributed by atoms with Crippen LogP contribution in [0.5, 0.6) is 11.5 Å². The van der Waals surface area contributed by atoms with Crippen LogP contribution in [0.3, 0.4) is 0 Å². The van der Waals surface area contributed by atoms with Crippen LogP contribution in [-0.2, 0) is 21.3 Å². The van der Waals surface area contributed by atoms with Crippen molar-refractivity contribution in [2.24, 2.45) is 5.92 Å². The monoisotopic (exact) mass is 401 g/mol. The minimum Gasteiger partial charge on any atom is -0.504 e. The molecule has 6 aliphatic rings. The molecule has 5 atom stereocenters. The van der Waals surface area contributed by atoms with Gasteiger partial charge in [-0.1, -0.05) is 6.07 Å². The fourth-order valence-corrected chi connectivity index (χ4v) is 10.5. The van der Waals surface area contributed by atoms with Crippen molar-refractivity contribution in [1.29, 1.82) is 0 Å². The molecule has 2 saturated heterocycles. The Bertz CT molecular complexity index is 918. The van der Waals surface area contributed by atoms with Crippen molar-refractivity contribution in [3.63, 3.8) is 0 Å². The standard InChI is InChI=1S/C22H25O5P/c23-15-4-3-14-11-16-21(24)5-6-22(25-8-9-26-22)19-20(21,17(14)18(15)27-19)7-10-28(16)12-13-1-2-13/h3-4,12-13,16,19,24H,1-2,5-11H2/p+1/t16-,19-,20+,21-/m1/s1. The first kappa shape index (κ1) is 16.6. The van der Waals surface area contributed by atoms with Crippen molar-refractivity contribution in [1.82, 2.24) is 0 Å². The molecule has 148 valence electrons. The van der Waals surface area contributed by atoms with E-state index in [1.807, 2.05) is 0 Å². The van der Waals surface area contributed by atoms with Gasteiger partial charge in [0.15, 0.2) is 17.6 Å². The number of benzene rings is 1. The third kappa shape index (κ3) is 1.75. The number of hydrogen-bond donors (Lipinski definition) is 2. The minimum atomic E-state index is -0.806. The topological polar surface area (TPSA) is 68.2 Å². The Hall–Kier alpha value is -1.13. The van der Waals surface area contributed by atoms with Gasteiger partial charge in [-0.3, -0.25) is 0 Å². The van der Waals surface area contributed by atoms with Crippen molar-refractivity contribution in [2.45, 2.75) is 67.1 Å². The molecule has 3 heterocycles. The number of aliphatic hydroxyl groups is 1. The van der Waals surface area contributed by atoms with E-state index in [0.717, 1.165) is 30.5 Å². The van der Waals surface area contributed by atoms with E-state index in [0.29, 0.717) is 31.8 Å². The molecule has 0 aromatic heterocycles. The summed E-state index contributed by atoms with van der Waals surface area (Å²) in [5.74, 6) is 3.32. The number of phenols is 1. The highest BCUT2D eigenvalue weighted by Crippen LogP contribution is 2.71. The Kier molecular flexibility index (Phi) is 3.05. The molecule has 1 aromatic carbocycles. The number of fused-ring (bicyclic) bond motifs is 1. The molecule has 1 aromatic rings. The van der Waals surface area contributed by atoms with Crippen LogP contribution in [0.1, 0.15) is 43.2 Å². The second-order valence-electron chi connectivity index (χ2n) is 9.54. The Balaban J connectivity index is 1.49. The largest absolute Gasteiger partial charge is 0.504 e. The predicted molar refractivity (Wildman–Crippen MR) is 106 cm³/mol. The maximum absolute atomic E-state index is 12.4. The summed E-state index contributed by atoms with van der Waals surface area (Å²) in [6.45, 7) is 1.13. The van der Waals surface area contributed by atoms with Gasteiger partial charge in [-0.05, 0) is 30.9 Å². The van der Waals surface area contributed by atoms with Crippen molar-refractivity contribution in [3.8, 4) is 11.5 Å². The molecule has 6 heteroatoms. The number of aromatic hydroxyl groups is 1. The fourth-order valence-electron chi connectivity index (χ4n) is 7.00. The summed E-state index contributed by atoms with van der Waals surface area (Å²) in [5, 5.41) is 23.0. The van der Waals surface area contributed by atoms with E-state index < -0.39 is 16.8 Å². The van der Waals surface area contributed by atoms with Crippen molar-refractivity contribution in [3.05, 3.63) is 23.3 Å². The van der Waals surface area contributed by atoms with Crippen LogP contribution in [0.4, 0.5) is 0 Å². The van der Waals surface area contributed by atoms with Crippen molar-refractivity contribution in [2.75, 3.05) is 19.4 Å². The van der Waals surface area contributed by atoms with Gasteiger partial charge in [-0.2, -0.15) is 0 Å². The Labute approximate surface area is 165 Å². The van der Waals surface area contributed by atoms with Crippen LogP contribution < -0.4 is 4.74 Å². The lowest BCUT2D eigenvalue weighted by atomic mass is 9.51. The lowest BCUT2D eigenvalue weighted by molar-refractivity contribution is -0.278. The zero-order valence-electron chi connectivity index (χ0n) is 15.9. The van der Waals surface area contributed by atoms with Gasteiger partial charge in [0.1, 0.15) is 17.4 Å². The summed E-state index contributed by atoms with van der Waals surface area (Å²) >= 11 is 0. The summed E-state index contributed by atoms with van der Waals surface area (Å²) in [4.78, 5) is 0. The van der Waals surface area contributed by atoms with E-state index in [9.17, 15) is 10.2 Å². The third-order valence-corrected chi connectivity index (χ3v) is 11.3. The first-order valence-electron chi connectivity index (χ1n) is 10.7.